The van der Waals surface area contributed by atoms with Crippen molar-refractivity contribution in [3.05, 3.63) is 40.5 Å². The molecule has 12 nitrogen and oxygen atoms in total. The maximum Gasteiger partial charge on any atom is 0.711 e. The summed E-state index contributed by atoms with van der Waals surface area (Å²) in [5.41, 5.74) is -2.28. The first-order chi connectivity index (χ1) is 8.60. The zero-order valence-electron chi connectivity index (χ0n) is 9.75. The van der Waals surface area contributed by atoms with E-state index in [1.54, 1.807) is 0 Å². The molecule has 1 rings (SSSR count). The van der Waals surface area contributed by atoms with Gasteiger partial charge in [0.1, 0.15) is 0 Å². The SMILES string of the molecule is CC(C[N+](=O)[O-])(C1CC1)C([N+](=O)[O-])([N+](=O)[O-])[N+](=O)[O-]. The van der Waals surface area contributed by atoms with E-state index in [1.807, 2.05) is 0 Å². The molecule has 0 amide bonds. The lowest BCUT2D eigenvalue weighted by molar-refractivity contribution is -0.989. The molecule has 0 aromatic heterocycles. The number of hydrogen-bond acceptors (Lipinski definition) is 8. The Labute approximate surface area is 105 Å². The highest BCUT2D eigenvalue weighted by molar-refractivity contribution is 4.96. The van der Waals surface area contributed by atoms with Crippen molar-refractivity contribution in [3.8, 4) is 0 Å². The van der Waals surface area contributed by atoms with Gasteiger partial charge < -0.3 is 0 Å². The molecule has 1 atom stereocenters. The summed E-state index contributed by atoms with van der Waals surface area (Å²) >= 11 is 0. The van der Waals surface area contributed by atoms with E-state index < -0.39 is 43.4 Å². The summed E-state index contributed by atoms with van der Waals surface area (Å²) in [4.78, 5) is 37.6. The number of nitro groups is 4. The molecule has 0 aromatic carbocycles. The summed E-state index contributed by atoms with van der Waals surface area (Å²) in [5.74, 6) is -4.60. The van der Waals surface area contributed by atoms with Gasteiger partial charge in [0.25, 0.3) is 5.41 Å². The molecule has 0 radical (unpaired) electrons. The summed E-state index contributed by atoms with van der Waals surface area (Å²) in [6, 6.07) is 0. The molecule has 1 fully saturated rings. The molecule has 0 aliphatic heterocycles. The van der Waals surface area contributed by atoms with E-state index in [2.05, 4.69) is 0 Å². The normalized spacial score (nSPS) is 18.4. The maximum atomic E-state index is 11.0. The molecule has 0 saturated heterocycles. The minimum Gasteiger partial charge on any atom is -0.265 e. The first kappa shape index (κ1) is 14.7. The second kappa shape index (κ2) is 4.37. The van der Waals surface area contributed by atoms with Gasteiger partial charge >= 0.3 is 5.79 Å². The molecule has 1 aliphatic rings. The van der Waals surface area contributed by atoms with E-state index >= 15 is 0 Å². The van der Waals surface area contributed by atoms with Crippen molar-refractivity contribution in [3.63, 3.8) is 0 Å². The van der Waals surface area contributed by atoms with Crippen LogP contribution in [0.3, 0.4) is 0 Å². The summed E-state index contributed by atoms with van der Waals surface area (Å²) in [6.07, 6.45) is 0.503. The Morgan fingerprint density at radius 2 is 1.32 bits per heavy atom. The molecular weight excluding hydrogens is 268 g/mol. The van der Waals surface area contributed by atoms with E-state index in [0.717, 1.165) is 6.92 Å². The molecule has 12 heteroatoms. The molecule has 0 aromatic rings. The van der Waals surface area contributed by atoms with E-state index in [4.69, 9.17) is 0 Å². The zero-order chi connectivity index (χ0) is 15.0. The molecule has 1 saturated carbocycles. The van der Waals surface area contributed by atoms with Gasteiger partial charge in [0.15, 0.2) is 14.8 Å². The zero-order valence-corrected chi connectivity index (χ0v) is 9.75. The van der Waals surface area contributed by atoms with Crippen molar-refractivity contribution in [2.24, 2.45) is 11.3 Å². The number of hydrogen-bond donors (Lipinski definition) is 0. The van der Waals surface area contributed by atoms with Gasteiger partial charge in [-0.25, -0.2) is 0 Å². The van der Waals surface area contributed by atoms with Gasteiger partial charge in [-0.15, -0.1) is 0 Å². The lowest BCUT2D eigenvalue weighted by Crippen LogP contribution is -2.66. The van der Waals surface area contributed by atoms with Crippen molar-refractivity contribution in [1.82, 2.24) is 0 Å². The Morgan fingerprint density at radius 1 is 0.947 bits per heavy atom. The van der Waals surface area contributed by atoms with Crippen LogP contribution < -0.4 is 0 Å². The van der Waals surface area contributed by atoms with E-state index in [-0.39, 0.29) is 12.8 Å². The van der Waals surface area contributed by atoms with Gasteiger partial charge in [-0.3, -0.25) is 40.5 Å². The Bertz CT molecular complexity index is 424. The lowest BCUT2D eigenvalue weighted by Gasteiger charge is -2.24. The van der Waals surface area contributed by atoms with Crippen molar-refractivity contribution in [1.29, 1.82) is 0 Å². The van der Waals surface area contributed by atoms with Gasteiger partial charge in [-0.2, -0.15) is 0 Å². The number of rotatable bonds is 7. The fourth-order valence-electron chi connectivity index (χ4n) is 2.32. The fourth-order valence-corrected chi connectivity index (χ4v) is 2.32. The topological polar surface area (TPSA) is 173 Å². The van der Waals surface area contributed by atoms with Crippen LogP contribution in [0, 0.1) is 51.8 Å². The highest BCUT2D eigenvalue weighted by atomic mass is 16.7. The van der Waals surface area contributed by atoms with Gasteiger partial charge in [-0.1, -0.05) is 0 Å². The van der Waals surface area contributed by atoms with Crippen LogP contribution in [0.4, 0.5) is 0 Å². The Morgan fingerprint density at radius 3 is 1.53 bits per heavy atom. The molecule has 106 valence electrons. The standard InChI is InChI=1S/C7H10N4O8/c1-6(4-8(12)13,5-2-3-5)7(9(14)15,10(16)17)11(18)19/h5H,2-4H2,1H3. The van der Waals surface area contributed by atoms with Crippen molar-refractivity contribution < 1.29 is 19.7 Å². The highest BCUT2D eigenvalue weighted by Gasteiger charge is 2.87. The third-order valence-corrected chi connectivity index (χ3v) is 3.47. The molecule has 19 heavy (non-hydrogen) atoms. The Balaban J connectivity index is 3.50. The first-order valence-electron chi connectivity index (χ1n) is 5.16. The fraction of sp³-hybridized carbons (Fsp3) is 1.00. The predicted molar refractivity (Wildman–Crippen MR) is 56.4 cm³/mol. The largest absolute Gasteiger partial charge is 0.711 e. The molecular formula is C7H10N4O8. The molecule has 0 heterocycles. The van der Waals surface area contributed by atoms with Crippen LogP contribution in [-0.2, 0) is 0 Å². The van der Waals surface area contributed by atoms with Crippen molar-refractivity contribution in [2.75, 3.05) is 6.54 Å². The van der Waals surface area contributed by atoms with Crippen molar-refractivity contribution in [2.45, 2.75) is 25.6 Å². The van der Waals surface area contributed by atoms with Crippen LogP contribution in [-0.4, -0.2) is 32.0 Å². The molecule has 0 N–H and O–H groups in total. The third kappa shape index (κ3) is 1.94. The maximum absolute atomic E-state index is 11.0. The Kier molecular flexibility index (Phi) is 3.37. The van der Waals surface area contributed by atoms with E-state index in [1.165, 1.54) is 0 Å². The smallest absolute Gasteiger partial charge is 0.265 e. The monoisotopic (exact) mass is 278 g/mol. The molecule has 0 spiro atoms. The second-order valence-corrected chi connectivity index (χ2v) is 4.59. The van der Waals surface area contributed by atoms with Gasteiger partial charge in [0.2, 0.25) is 6.54 Å². The molecule has 1 aliphatic carbocycles. The average Bonchev–Trinajstić information content (AvgIpc) is 2.96. The summed E-state index contributed by atoms with van der Waals surface area (Å²) in [7, 11) is 0. The van der Waals surface area contributed by atoms with Crippen LogP contribution in [0.1, 0.15) is 19.8 Å². The van der Waals surface area contributed by atoms with Crippen LogP contribution >= 0.6 is 0 Å². The number of nitrogens with zero attached hydrogens (tertiary/aromatic N) is 4. The van der Waals surface area contributed by atoms with Gasteiger partial charge in [0, 0.05) is 4.92 Å². The molecule has 0 bridgehead atoms. The minimum absolute atomic E-state index is 0.252. The van der Waals surface area contributed by atoms with E-state index in [0.29, 0.717) is 0 Å². The van der Waals surface area contributed by atoms with Crippen LogP contribution in [0.25, 0.3) is 0 Å². The summed E-state index contributed by atoms with van der Waals surface area (Å²) in [6.45, 7) is -0.345. The summed E-state index contributed by atoms with van der Waals surface area (Å²) in [5, 5.41) is 43.5. The lowest BCUT2D eigenvalue weighted by atomic mass is 9.77. The first-order valence-corrected chi connectivity index (χ1v) is 5.16. The molecule has 1 unspecified atom stereocenters. The van der Waals surface area contributed by atoms with Crippen LogP contribution in [0.5, 0.6) is 0 Å². The van der Waals surface area contributed by atoms with Crippen molar-refractivity contribution >= 4 is 0 Å². The highest BCUT2D eigenvalue weighted by Crippen LogP contribution is 2.53. The summed E-state index contributed by atoms with van der Waals surface area (Å²) < 4.78 is 0. The van der Waals surface area contributed by atoms with Crippen LogP contribution in [0.15, 0.2) is 0 Å². The van der Waals surface area contributed by atoms with Gasteiger partial charge in [-0.05, 0) is 25.7 Å². The minimum atomic E-state index is -3.80. The van der Waals surface area contributed by atoms with Crippen LogP contribution in [0.2, 0.25) is 0 Å². The average molecular weight is 278 g/mol. The predicted octanol–water partition coefficient (Wildman–Crippen LogP) is 0.163. The van der Waals surface area contributed by atoms with E-state index in [9.17, 15) is 40.5 Å². The second-order valence-electron chi connectivity index (χ2n) is 4.59. The Hall–Kier alpha value is -2.40. The quantitative estimate of drug-likeness (QED) is 0.359. The third-order valence-electron chi connectivity index (χ3n) is 3.47. The van der Waals surface area contributed by atoms with Gasteiger partial charge in [0.05, 0.1) is 0 Å².